The number of amides is 1. The summed E-state index contributed by atoms with van der Waals surface area (Å²) in [7, 11) is 5.17. The number of carbonyl (C=O) groups excluding carboxylic acids is 1. The van der Waals surface area contributed by atoms with Crippen LogP contribution >= 0.6 is 0 Å². The van der Waals surface area contributed by atoms with Crippen LogP contribution in [0.5, 0.6) is 0 Å². The van der Waals surface area contributed by atoms with Gasteiger partial charge in [-0.25, -0.2) is 9.97 Å². The first kappa shape index (κ1) is 22.7. The first-order valence-corrected chi connectivity index (χ1v) is 10.5. The van der Waals surface area contributed by atoms with E-state index in [1.165, 1.54) is 7.05 Å². The van der Waals surface area contributed by atoms with Crippen LogP contribution in [0.1, 0.15) is 40.6 Å². The lowest BCUT2D eigenvalue weighted by atomic mass is 9.92. The number of nitrogens with zero attached hydrogens (tertiary/aromatic N) is 7. The first-order valence-electron chi connectivity index (χ1n) is 10.5. The van der Waals surface area contributed by atoms with Crippen molar-refractivity contribution < 1.29 is 18.0 Å². The number of carbonyl (C=O) groups is 1. The zero-order valence-electron chi connectivity index (χ0n) is 18.5. The lowest BCUT2D eigenvalue weighted by molar-refractivity contribution is -0.141. The molecule has 8 nitrogen and oxygen atoms in total. The second-order valence-electron chi connectivity index (χ2n) is 8.21. The molecular weight excluding hydrogens is 435 g/mol. The second kappa shape index (κ2) is 8.80. The molecule has 0 aliphatic carbocycles. The van der Waals surface area contributed by atoms with Crippen molar-refractivity contribution in [3.05, 3.63) is 53.7 Å². The Labute approximate surface area is 189 Å². The van der Waals surface area contributed by atoms with Gasteiger partial charge in [0.2, 0.25) is 0 Å². The maximum atomic E-state index is 13.0. The summed E-state index contributed by atoms with van der Waals surface area (Å²) < 4.78 is 39.8. The smallest absolute Gasteiger partial charge is 0.363 e. The van der Waals surface area contributed by atoms with Crippen molar-refractivity contribution in [3.8, 4) is 11.4 Å². The summed E-state index contributed by atoms with van der Waals surface area (Å²) in [6, 6.07) is 6.46. The fraction of sp³-hybridized carbons (Fsp3) is 0.409. The van der Waals surface area contributed by atoms with E-state index in [9.17, 15) is 18.0 Å². The number of anilines is 1. The molecule has 0 unspecified atom stereocenters. The van der Waals surface area contributed by atoms with Gasteiger partial charge in [0.15, 0.2) is 11.5 Å². The lowest BCUT2D eigenvalue weighted by Crippen LogP contribution is -2.39. The summed E-state index contributed by atoms with van der Waals surface area (Å²) in [6.07, 6.45) is 0.0820. The van der Waals surface area contributed by atoms with Crippen molar-refractivity contribution in [3.63, 3.8) is 0 Å². The van der Waals surface area contributed by atoms with Crippen LogP contribution in [0.4, 0.5) is 19.0 Å². The van der Waals surface area contributed by atoms with Gasteiger partial charge in [-0.3, -0.25) is 14.5 Å². The number of hydrogen-bond acceptors (Lipinski definition) is 6. The molecule has 0 aromatic carbocycles. The highest BCUT2D eigenvalue weighted by atomic mass is 19.4. The third kappa shape index (κ3) is 4.81. The molecule has 1 saturated heterocycles. The second-order valence-corrected chi connectivity index (χ2v) is 8.21. The molecule has 11 heteroatoms. The van der Waals surface area contributed by atoms with Crippen molar-refractivity contribution in [2.45, 2.75) is 24.9 Å². The number of piperidine rings is 1. The normalized spacial score (nSPS) is 15.0. The topological polar surface area (TPSA) is 80.0 Å². The van der Waals surface area contributed by atoms with Crippen molar-refractivity contribution in [1.82, 2.24) is 29.6 Å². The fourth-order valence-corrected chi connectivity index (χ4v) is 3.87. The van der Waals surface area contributed by atoms with Crippen LogP contribution in [0.25, 0.3) is 11.4 Å². The Hall–Kier alpha value is -3.50. The maximum absolute atomic E-state index is 13.0. The van der Waals surface area contributed by atoms with Gasteiger partial charge >= 0.3 is 6.18 Å². The maximum Gasteiger partial charge on any atom is 0.435 e. The van der Waals surface area contributed by atoms with Crippen LogP contribution in [-0.2, 0) is 13.2 Å². The minimum Gasteiger partial charge on any atom is -0.363 e. The number of likely N-dealkylation sites (tertiary alicyclic amines) is 1. The van der Waals surface area contributed by atoms with E-state index in [4.69, 9.17) is 4.98 Å². The van der Waals surface area contributed by atoms with Gasteiger partial charge in [-0.15, -0.1) is 0 Å². The SMILES string of the molecule is CN(C)c1cc(C2CCN(C(=O)c3cc(C(F)(F)F)nn3C)CC2)nc(-c2ccncc2)n1. The quantitative estimate of drug-likeness (QED) is 0.595. The summed E-state index contributed by atoms with van der Waals surface area (Å²) in [5.41, 5.74) is 0.605. The van der Waals surface area contributed by atoms with E-state index >= 15 is 0 Å². The molecule has 4 heterocycles. The Kier molecular flexibility index (Phi) is 6.05. The minimum absolute atomic E-state index is 0.0716. The molecule has 0 atom stereocenters. The van der Waals surface area contributed by atoms with Crippen molar-refractivity contribution >= 4 is 11.7 Å². The lowest BCUT2D eigenvalue weighted by Gasteiger charge is -2.32. The van der Waals surface area contributed by atoms with Gasteiger partial charge in [-0.05, 0) is 25.0 Å². The van der Waals surface area contributed by atoms with E-state index in [-0.39, 0.29) is 11.6 Å². The molecule has 1 aliphatic rings. The van der Waals surface area contributed by atoms with Crippen molar-refractivity contribution in [2.75, 3.05) is 32.1 Å². The number of aromatic nitrogens is 5. The third-order valence-corrected chi connectivity index (χ3v) is 5.72. The molecule has 0 radical (unpaired) electrons. The van der Waals surface area contributed by atoms with Crippen LogP contribution in [0.15, 0.2) is 36.7 Å². The molecule has 1 aliphatic heterocycles. The van der Waals surface area contributed by atoms with Crippen molar-refractivity contribution in [1.29, 1.82) is 0 Å². The minimum atomic E-state index is -4.59. The number of pyridine rings is 1. The van der Waals surface area contributed by atoms with Crippen LogP contribution in [0.2, 0.25) is 0 Å². The Morgan fingerprint density at radius 1 is 1.09 bits per heavy atom. The average molecular weight is 459 g/mol. The predicted molar refractivity (Wildman–Crippen MR) is 116 cm³/mol. The number of aryl methyl sites for hydroxylation is 1. The van der Waals surface area contributed by atoms with E-state index < -0.39 is 17.8 Å². The molecular formula is C22H24F3N7O. The van der Waals surface area contributed by atoms with Gasteiger partial charge in [-0.1, -0.05) is 0 Å². The van der Waals surface area contributed by atoms with Crippen molar-refractivity contribution in [2.24, 2.45) is 7.05 Å². The largest absolute Gasteiger partial charge is 0.435 e. The van der Waals surface area contributed by atoms with Gasteiger partial charge in [0.1, 0.15) is 11.5 Å². The highest BCUT2D eigenvalue weighted by Crippen LogP contribution is 2.32. The molecule has 0 spiro atoms. The summed E-state index contributed by atoms with van der Waals surface area (Å²) in [6.45, 7) is 0.837. The molecule has 3 aromatic heterocycles. The zero-order chi connectivity index (χ0) is 23.8. The number of halogens is 3. The van der Waals surface area contributed by atoms with Crippen LogP contribution in [-0.4, -0.2) is 62.7 Å². The van der Waals surface area contributed by atoms with Gasteiger partial charge < -0.3 is 9.80 Å². The highest BCUT2D eigenvalue weighted by molar-refractivity contribution is 5.92. The van der Waals surface area contributed by atoms with Gasteiger partial charge in [0.05, 0.1) is 0 Å². The van der Waals surface area contributed by atoms with Gasteiger partial charge in [0, 0.05) is 75.9 Å². The zero-order valence-corrected chi connectivity index (χ0v) is 18.5. The van der Waals surface area contributed by atoms with E-state index in [0.717, 1.165) is 27.8 Å². The summed E-state index contributed by atoms with van der Waals surface area (Å²) in [5.74, 6) is 1.04. The Morgan fingerprint density at radius 3 is 2.33 bits per heavy atom. The summed E-state index contributed by atoms with van der Waals surface area (Å²) in [5, 5.41) is 3.44. The van der Waals surface area contributed by atoms with E-state index in [1.807, 2.05) is 37.2 Å². The standard InChI is InChI=1S/C22H24F3N7O/c1-30(2)19-12-16(27-20(28-19)15-4-8-26-9-5-15)14-6-10-32(11-7-14)21(33)17-13-18(22(23,24)25)29-31(17)3/h4-5,8-9,12-14H,6-7,10-11H2,1-3H3. The number of hydrogen-bond donors (Lipinski definition) is 0. The molecule has 1 amide bonds. The summed E-state index contributed by atoms with van der Waals surface area (Å²) in [4.78, 5) is 29.8. The van der Waals surface area contributed by atoms with E-state index in [2.05, 4.69) is 15.1 Å². The fourth-order valence-electron chi connectivity index (χ4n) is 3.87. The molecule has 0 N–H and O–H groups in total. The Bertz CT molecular complexity index is 1140. The number of alkyl halides is 3. The van der Waals surface area contributed by atoms with E-state index in [0.29, 0.717) is 31.8 Å². The third-order valence-electron chi connectivity index (χ3n) is 5.72. The molecule has 174 valence electrons. The van der Waals surface area contributed by atoms with Crippen LogP contribution < -0.4 is 4.90 Å². The van der Waals surface area contributed by atoms with E-state index in [1.54, 1.807) is 17.3 Å². The molecule has 0 bridgehead atoms. The predicted octanol–water partition coefficient (Wildman–Crippen LogP) is 3.38. The molecule has 4 rings (SSSR count). The number of rotatable bonds is 4. The van der Waals surface area contributed by atoms with Crippen LogP contribution in [0, 0.1) is 0 Å². The monoisotopic (exact) mass is 459 g/mol. The van der Waals surface area contributed by atoms with Crippen LogP contribution in [0.3, 0.4) is 0 Å². The molecule has 1 fully saturated rings. The molecule has 3 aromatic rings. The Balaban J connectivity index is 1.52. The highest BCUT2D eigenvalue weighted by Gasteiger charge is 2.36. The average Bonchev–Trinajstić information content (AvgIpc) is 3.21. The summed E-state index contributed by atoms with van der Waals surface area (Å²) >= 11 is 0. The first-order chi connectivity index (χ1) is 15.6. The molecule has 0 saturated carbocycles. The molecule has 33 heavy (non-hydrogen) atoms. The Morgan fingerprint density at radius 2 is 1.76 bits per heavy atom. The van der Waals surface area contributed by atoms with Gasteiger partial charge in [-0.2, -0.15) is 18.3 Å². The van der Waals surface area contributed by atoms with Gasteiger partial charge in [0.25, 0.3) is 5.91 Å².